The van der Waals surface area contributed by atoms with Crippen molar-refractivity contribution in [2.24, 2.45) is 0 Å². The first-order valence-electron chi connectivity index (χ1n) is 6.42. The first-order valence-corrected chi connectivity index (χ1v) is 6.42. The minimum atomic E-state index is -0.428. The Morgan fingerprint density at radius 2 is 2.00 bits per heavy atom. The Labute approximate surface area is 118 Å². The van der Waals surface area contributed by atoms with E-state index in [0.29, 0.717) is 23.6 Å². The van der Waals surface area contributed by atoms with Crippen molar-refractivity contribution in [1.82, 2.24) is 10.6 Å². The average molecular weight is 282 g/mol. The standard InChI is InChI=1S/C14H22N2O4/c1-9-11(13(18)19-5)6-10(20-9)7-15-8-12(17)16-14(2,3)4/h6,15H,7-8H2,1-5H3,(H,16,17). The zero-order valence-corrected chi connectivity index (χ0v) is 12.6. The third-order valence-corrected chi connectivity index (χ3v) is 2.47. The van der Waals surface area contributed by atoms with Gasteiger partial charge in [0.05, 0.1) is 20.2 Å². The molecule has 1 aromatic rings. The number of carbonyl (C=O) groups excluding carboxylic acids is 2. The van der Waals surface area contributed by atoms with E-state index in [4.69, 9.17) is 4.42 Å². The third-order valence-electron chi connectivity index (χ3n) is 2.47. The first kappa shape index (κ1) is 16.2. The van der Waals surface area contributed by atoms with E-state index in [1.807, 2.05) is 20.8 Å². The van der Waals surface area contributed by atoms with Gasteiger partial charge in [-0.1, -0.05) is 0 Å². The van der Waals surface area contributed by atoms with Gasteiger partial charge in [0.1, 0.15) is 17.1 Å². The summed E-state index contributed by atoms with van der Waals surface area (Å²) >= 11 is 0. The number of nitrogens with one attached hydrogen (secondary N) is 2. The molecule has 0 saturated heterocycles. The van der Waals surface area contributed by atoms with Crippen LogP contribution in [0.1, 0.15) is 42.6 Å². The molecule has 0 saturated carbocycles. The molecule has 1 heterocycles. The Hall–Kier alpha value is -1.82. The van der Waals surface area contributed by atoms with Gasteiger partial charge in [-0.15, -0.1) is 0 Å². The summed E-state index contributed by atoms with van der Waals surface area (Å²) in [5, 5.41) is 5.81. The molecule has 0 unspecified atom stereocenters. The van der Waals surface area contributed by atoms with Crippen molar-refractivity contribution in [3.05, 3.63) is 23.2 Å². The average Bonchev–Trinajstić information content (AvgIpc) is 2.67. The molecule has 0 aromatic carbocycles. The van der Waals surface area contributed by atoms with Crippen LogP contribution in [0.25, 0.3) is 0 Å². The van der Waals surface area contributed by atoms with Gasteiger partial charge in [-0.3, -0.25) is 4.79 Å². The Morgan fingerprint density at radius 3 is 2.55 bits per heavy atom. The second kappa shape index (κ2) is 6.56. The Kier molecular flexibility index (Phi) is 5.33. The van der Waals surface area contributed by atoms with Crippen molar-refractivity contribution in [2.45, 2.75) is 39.8 Å². The lowest BCUT2D eigenvalue weighted by Gasteiger charge is -2.20. The number of ether oxygens (including phenoxy) is 1. The van der Waals surface area contributed by atoms with Gasteiger partial charge in [-0.2, -0.15) is 0 Å². The summed E-state index contributed by atoms with van der Waals surface area (Å²) in [7, 11) is 1.32. The van der Waals surface area contributed by atoms with Crippen molar-refractivity contribution >= 4 is 11.9 Å². The maximum absolute atomic E-state index is 11.6. The molecule has 0 bridgehead atoms. The van der Waals surface area contributed by atoms with E-state index in [0.717, 1.165) is 0 Å². The molecule has 1 aromatic heterocycles. The minimum absolute atomic E-state index is 0.0889. The van der Waals surface area contributed by atoms with Crippen LogP contribution in [0, 0.1) is 6.92 Å². The highest BCUT2D eigenvalue weighted by atomic mass is 16.5. The molecule has 0 aliphatic carbocycles. The number of hydrogen-bond donors (Lipinski definition) is 2. The molecule has 6 heteroatoms. The van der Waals surface area contributed by atoms with Gasteiger partial charge in [-0.05, 0) is 33.8 Å². The molecule has 1 amide bonds. The van der Waals surface area contributed by atoms with E-state index in [-0.39, 0.29) is 18.0 Å². The monoisotopic (exact) mass is 282 g/mol. The van der Waals surface area contributed by atoms with Gasteiger partial charge in [-0.25, -0.2) is 4.79 Å². The fraction of sp³-hybridized carbons (Fsp3) is 0.571. The highest BCUT2D eigenvalue weighted by molar-refractivity contribution is 5.90. The highest BCUT2D eigenvalue weighted by Crippen LogP contribution is 2.15. The van der Waals surface area contributed by atoms with Crippen molar-refractivity contribution < 1.29 is 18.7 Å². The lowest BCUT2D eigenvalue weighted by Crippen LogP contribution is -2.44. The molecule has 0 aliphatic rings. The molecule has 1 rings (SSSR count). The zero-order chi connectivity index (χ0) is 15.3. The summed E-state index contributed by atoms with van der Waals surface area (Å²) in [6.07, 6.45) is 0. The number of methoxy groups -OCH3 is 1. The van der Waals surface area contributed by atoms with Gasteiger partial charge in [0.15, 0.2) is 0 Å². The van der Waals surface area contributed by atoms with E-state index in [9.17, 15) is 9.59 Å². The maximum Gasteiger partial charge on any atom is 0.341 e. The number of carbonyl (C=O) groups is 2. The third kappa shape index (κ3) is 5.05. The van der Waals surface area contributed by atoms with Gasteiger partial charge in [0.25, 0.3) is 0 Å². The largest absolute Gasteiger partial charge is 0.465 e. The highest BCUT2D eigenvalue weighted by Gasteiger charge is 2.16. The van der Waals surface area contributed by atoms with Crippen molar-refractivity contribution in [3.8, 4) is 0 Å². The predicted molar refractivity (Wildman–Crippen MR) is 74.4 cm³/mol. The predicted octanol–water partition coefficient (Wildman–Crippen LogP) is 1.38. The Balaban J connectivity index is 2.47. The molecular formula is C14H22N2O4. The number of rotatable bonds is 5. The molecule has 112 valence electrons. The topological polar surface area (TPSA) is 80.6 Å². The molecule has 0 aliphatic heterocycles. The van der Waals surface area contributed by atoms with Crippen LogP contribution >= 0.6 is 0 Å². The van der Waals surface area contributed by atoms with E-state index in [1.54, 1.807) is 13.0 Å². The van der Waals surface area contributed by atoms with Gasteiger partial charge < -0.3 is 19.8 Å². The second-order valence-electron chi connectivity index (χ2n) is 5.58. The fourth-order valence-corrected chi connectivity index (χ4v) is 1.71. The van der Waals surface area contributed by atoms with Crippen LogP contribution in [-0.2, 0) is 16.1 Å². The normalized spacial score (nSPS) is 11.2. The Morgan fingerprint density at radius 1 is 1.35 bits per heavy atom. The molecule has 0 radical (unpaired) electrons. The van der Waals surface area contributed by atoms with Crippen LogP contribution in [0.15, 0.2) is 10.5 Å². The summed E-state index contributed by atoms with van der Waals surface area (Å²) in [6.45, 7) is 8.01. The second-order valence-corrected chi connectivity index (χ2v) is 5.58. The number of esters is 1. The van der Waals surface area contributed by atoms with Gasteiger partial charge >= 0.3 is 5.97 Å². The van der Waals surface area contributed by atoms with E-state index >= 15 is 0 Å². The summed E-state index contributed by atoms with van der Waals surface area (Å²) < 4.78 is 10.1. The summed E-state index contributed by atoms with van der Waals surface area (Å²) in [5.74, 6) is 0.580. The molecule has 20 heavy (non-hydrogen) atoms. The first-order chi connectivity index (χ1) is 9.23. The van der Waals surface area contributed by atoms with Crippen LogP contribution in [-0.4, -0.2) is 31.1 Å². The number of amides is 1. The fourth-order valence-electron chi connectivity index (χ4n) is 1.71. The van der Waals surface area contributed by atoms with Crippen LogP contribution in [0.5, 0.6) is 0 Å². The molecule has 2 N–H and O–H groups in total. The smallest absolute Gasteiger partial charge is 0.341 e. The quantitative estimate of drug-likeness (QED) is 0.797. The molecule has 0 fully saturated rings. The Bertz CT molecular complexity index is 486. The van der Waals surface area contributed by atoms with E-state index in [1.165, 1.54) is 7.11 Å². The zero-order valence-electron chi connectivity index (χ0n) is 12.6. The summed E-state index contributed by atoms with van der Waals surface area (Å²) in [6, 6.07) is 1.62. The van der Waals surface area contributed by atoms with E-state index < -0.39 is 5.97 Å². The summed E-state index contributed by atoms with van der Waals surface area (Å²) in [5.41, 5.74) is 0.154. The number of furan rings is 1. The number of hydrogen-bond acceptors (Lipinski definition) is 5. The van der Waals surface area contributed by atoms with Crippen LogP contribution < -0.4 is 10.6 Å². The lowest BCUT2D eigenvalue weighted by molar-refractivity contribution is -0.121. The van der Waals surface area contributed by atoms with E-state index in [2.05, 4.69) is 15.4 Å². The van der Waals surface area contributed by atoms with Crippen molar-refractivity contribution in [3.63, 3.8) is 0 Å². The molecular weight excluding hydrogens is 260 g/mol. The molecule has 6 nitrogen and oxygen atoms in total. The molecule has 0 atom stereocenters. The SMILES string of the molecule is COC(=O)c1cc(CNCC(=O)NC(C)(C)C)oc1C. The van der Waals surface area contributed by atoms with Crippen LogP contribution in [0.4, 0.5) is 0 Å². The van der Waals surface area contributed by atoms with Gasteiger partial charge in [0.2, 0.25) is 5.91 Å². The lowest BCUT2D eigenvalue weighted by atomic mass is 10.1. The maximum atomic E-state index is 11.6. The van der Waals surface area contributed by atoms with Crippen molar-refractivity contribution in [2.75, 3.05) is 13.7 Å². The van der Waals surface area contributed by atoms with Crippen LogP contribution in [0.3, 0.4) is 0 Å². The van der Waals surface area contributed by atoms with Gasteiger partial charge in [0, 0.05) is 5.54 Å². The minimum Gasteiger partial charge on any atom is -0.465 e. The molecule has 0 spiro atoms. The van der Waals surface area contributed by atoms with Crippen molar-refractivity contribution in [1.29, 1.82) is 0 Å². The number of aryl methyl sites for hydroxylation is 1. The summed E-state index contributed by atoms with van der Waals surface area (Å²) in [4.78, 5) is 23.0. The van der Waals surface area contributed by atoms with Crippen LogP contribution in [0.2, 0.25) is 0 Å².